The van der Waals surface area contributed by atoms with Gasteiger partial charge in [0.1, 0.15) is 36.1 Å². The Balaban J connectivity index is 1.11. The number of rotatable bonds is 15. The first-order valence-electron chi connectivity index (χ1n) is 17.4. The van der Waals surface area contributed by atoms with Crippen LogP contribution in [-0.4, -0.2) is 94.1 Å². The van der Waals surface area contributed by atoms with E-state index in [0.29, 0.717) is 66.6 Å². The van der Waals surface area contributed by atoms with Crippen molar-refractivity contribution in [1.29, 1.82) is 0 Å². The predicted octanol–water partition coefficient (Wildman–Crippen LogP) is 4.95. The number of thiazole rings is 1. The van der Waals surface area contributed by atoms with Crippen molar-refractivity contribution >= 4 is 52.2 Å². The van der Waals surface area contributed by atoms with Crippen LogP contribution < -0.4 is 16.0 Å². The Labute approximate surface area is 313 Å². The zero-order valence-corrected chi connectivity index (χ0v) is 31.5. The molecule has 0 bridgehead atoms. The molecule has 276 valence electrons. The topological polar surface area (TPSA) is 164 Å². The Hall–Kier alpha value is -4.27. The second kappa shape index (κ2) is 18.0. The fourth-order valence-electron chi connectivity index (χ4n) is 6.18. The van der Waals surface area contributed by atoms with E-state index in [0.717, 1.165) is 21.6 Å². The van der Waals surface area contributed by atoms with Crippen molar-refractivity contribution in [3.63, 3.8) is 0 Å². The minimum absolute atomic E-state index is 0.0372. The number of amides is 1. The average Bonchev–Trinajstić information content (AvgIpc) is 3.60. The molecule has 4 N–H and O–H groups in total. The summed E-state index contributed by atoms with van der Waals surface area (Å²) < 4.78 is 5.59. The van der Waals surface area contributed by atoms with E-state index >= 15 is 0 Å². The van der Waals surface area contributed by atoms with Crippen LogP contribution in [0, 0.1) is 25.7 Å². The molecule has 1 saturated heterocycles. The Bertz CT molecular complexity index is 1830. The van der Waals surface area contributed by atoms with Gasteiger partial charge in [0.2, 0.25) is 0 Å². The standard InChI is InChI=1S/C38H46ClN7O5S/c1-23(2)19-27(34(47)35(48)29(40)20-26-10-6-5-7-11-26)38(50)51-18-17-45-13-15-46(16-14-45)32-21-31(42-25(4)43-32)44-36(49)37-41-22-30(52-37)33-24(3)9-8-12-28(33)39/h5-12,21-23,27,29,35,48H,13-20,40H2,1-4H3,(H,42,43,44,49)/t27?,29-,35+/m1/s1. The summed E-state index contributed by atoms with van der Waals surface area (Å²) in [5.41, 5.74) is 8.95. The molecular weight excluding hydrogens is 702 g/mol. The normalized spacial score (nSPS) is 15.3. The number of aromatic nitrogens is 3. The molecular formula is C38H46ClN7O5S. The van der Waals surface area contributed by atoms with E-state index in [1.807, 2.05) is 69.3 Å². The molecule has 2 aromatic heterocycles. The van der Waals surface area contributed by atoms with Gasteiger partial charge in [0, 0.05) is 61.6 Å². The van der Waals surface area contributed by atoms with Crippen LogP contribution in [0.3, 0.4) is 0 Å². The summed E-state index contributed by atoms with van der Waals surface area (Å²) in [6.45, 7) is 10.9. The third-order valence-corrected chi connectivity index (χ3v) is 10.3. The average molecular weight is 748 g/mol. The molecule has 0 saturated carbocycles. The largest absolute Gasteiger partial charge is 0.464 e. The maximum Gasteiger partial charge on any atom is 0.316 e. The highest BCUT2D eigenvalue weighted by Gasteiger charge is 2.36. The molecule has 1 unspecified atom stereocenters. The van der Waals surface area contributed by atoms with E-state index in [-0.39, 0.29) is 24.9 Å². The van der Waals surface area contributed by atoms with Crippen molar-refractivity contribution in [3.8, 4) is 10.4 Å². The number of nitrogens with zero attached hydrogens (tertiary/aromatic N) is 5. The number of piperazine rings is 1. The number of nitrogens with two attached hydrogens (primary N) is 1. The fourth-order valence-corrected chi connectivity index (χ4v) is 7.49. The number of ether oxygens (including phenoxy) is 1. The SMILES string of the molecule is Cc1nc(NC(=O)c2ncc(-c3c(C)cccc3Cl)s2)cc(N2CCN(CCOC(=O)C(CC(C)C)C(=O)[C@@H](O)[C@H](N)Cc3ccccc3)CC2)n1. The molecule has 0 spiro atoms. The van der Waals surface area contributed by atoms with E-state index < -0.39 is 29.8 Å². The summed E-state index contributed by atoms with van der Waals surface area (Å²) in [5, 5.41) is 14.5. The smallest absolute Gasteiger partial charge is 0.316 e. The molecule has 1 aliphatic heterocycles. The lowest BCUT2D eigenvalue weighted by atomic mass is 9.87. The number of anilines is 2. The van der Waals surface area contributed by atoms with Gasteiger partial charge in [-0.25, -0.2) is 15.0 Å². The number of carbonyl (C=O) groups excluding carboxylic acids is 3. The minimum Gasteiger partial charge on any atom is -0.464 e. The van der Waals surface area contributed by atoms with Gasteiger partial charge >= 0.3 is 5.97 Å². The van der Waals surface area contributed by atoms with Gasteiger partial charge in [-0.15, -0.1) is 11.3 Å². The van der Waals surface area contributed by atoms with Gasteiger partial charge in [-0.3, -0.25) is 19.3 Å². The van der Waals surface area contributed by atoms with E-state index in [1.54, 1.807) is 19.2 Å². The highest BCUT2D eigenvalue weighted by molar-refractivity contribution is 7.17. The molecule has 3 heterocycles. The molecule has 14 heteroatoms. The molecule has 0 radical (unpaired) electrons. The maximum absolute atomic E-state index is 13.3. The summed E-state index contributed by atoms with van der Waals surface area (Å²) in [4.78, 5) is 58.0. The fraction of sp³-hybridized carbons (Fsp3) is 0.421. The predicted molar refractivity (Wildman–Crippen MR) is 204 cm³/mol. The van der Waals surface area contributed by atoms with Crippen LogP contribution in [0.15, 0.2) is 60.8 Å². The first kappa shape index (κ1) is 38.9. The lowest BCUT2D eigenvalue weighted by Gasteiger charge is -2.35. The van der Waals surface area contributed by atoms with Gasteiger partial charge in [0.05, 0.1) is 4.88 Å². The minimum atomic E-state index is -1.48. The quantitative estimate of drug-likeness (QED) is 0.111. The first-order chi connectivity index (χ1) is 24.9. The van der Waals surface area contributed by atoms with Crippen LogP contribution in [0.4, 0.5) is 11.6 Å². The summed E-state index contributed by atoms with van der Waals surface area (Å²) >= 11 is 7.69. The summed E-state index contributed by atoms with van der Waals surface area (Å²) in [5.74, 6) is -1.07. The van der Waals surface area contributed by atoms with Crippen LogP contribution in [0.1, 0.15) is 47.0 Å². The van der Waals surface area contributed by atoms with Crippen molar-refractivity contribution in [2.24, 2.45) is 17.6 Å². The summed E-state index contributed by atoms with van der Waals surface area (Å²) in [6.07, 6.45) is 0.752. The molecule has 1 amide bonds. The Morgan fingerprint density at radius 2 is 1.77 bits per heavy atom. The number of esters is 1. The number of carbonyl (C=O) groups is 3. The molecule has 3 atom stereocenters. The zero-order valence-electron chi connectivity index (χ0n) is 29.9. The van der Waals surface area contributed by atoms with E-state index in [1.165, 1.54) is 11.3 Å². The molecule has 12 nitrogen and oxygen atoms in total. The second-order valence-electron chi connectivity index (χ2n) is 13.5. The third kappa shape index (κ3) is 10.2. The van der Waals surface area contributed by atoms with E-state index in [9.17, 15) is 19.5 Å². The molecule has 4 aromatic rings. The number of halogens is 1. The number of ketones is 1. The number of aliphatic hydroxyl groups is 1. The van der Waals surface area contributed by atoms with Gasteiger partial charge in [0.25, 0.3) is 5.91 Å². The number of Topliss-reactive ketones (excluding diaryl/α,β-unsaturated/α-hetero) is 1. The zero-order chi connectivity index (χ0) is 37.4. The summed E-state index contributed by atoms with van der Waals surface area (Å²) in [7, 11) is 0. The lowest BCUT2D eigenvalue weighted by Crippen LogP contribution is -2.48. The van der Waals surface area contributed by atoms with Crippen molar-refractivity contribution in [2.75, 3.05) is 49.5 Å². The maximum atomic E-state index is 13.3. The molecule has 52 heavy (non-hydrogen) atoms. The van der Waals surface area contributed by atoms with Crippen LogP contribution >= 0.6 is 22.9 Å². The number of hydrogen-bond acceptors (Lipinski definition) is 12. The Kier molecular flexibility index (Phi) is 13.5. The Morgan fingerprint density at radius 3 is 2.46 bits per heavy atom. The molecule has 5 rings (SSSR count). The second-order valence-corrected chi connectivity index (χ2v) is 14.9. The van der Waals surface area contributed by atoms with Crippen LogP contribution in [-0.2, 0) is 20.7 Å². The van der Waals surface area contributed by atoms with Gasteiger partial charge in [-0.1, -0.05) is 67.9 Å². The van der Waals surface area contributed by atoms with Gasteiger partial charge in [0.15, 0.2) is 10.8 Å². The van der Waals surface area contributed by atoms with Crippen LogP contribution in [0.2, 0.25) is 5.02 Å². The van der Waals surface area contributed by atoms with Crippen molar-refractivity contribution in [2.45, 2.75) is 52.7 Å². The Morgan fingerprint density at radius 1 is 1.04 bits per heavy atom. The van der Waals surface area contributed by atoms with E-state index in [2.05, 4.69) is 30.1 Å². The van der Waals surface area contributed by atoms with Crippen LogP contribution in [0.25, 0.3) is 10.4 Å². The molecule has 0 aliphatic carbocycles. The van der Waals surface area contributed by atoms with Crippen molar-refractivity contribution < 1.29 is 24.2 Å². The van der Waals surface area contributed by atoms with Crippen LogP contribution in [0.5, 0.6) is 0 Å². The highest BCUT2D eigenvalue weighted by Crippen LogP contribution is 2.35. The van der Waals surface area contributed by atoms with Crippen molar-refractivity contribution in [1.82, 2.24) is 19.9 Å². The number of aryl methyl sites for hydroxylation is 2. The number of nitrogens with one attached hydrogen (secondary N) is 1. The first-order valence-corrected chi connectivity index (χ1v) is 18.6. The number of aliphatic hydroxyl groups excluding tert-OH is 1. The summed E-state index contributed by atoms with van der Waals surface area (Å²) in [6, 6.07) is 16.0. The van der Waals surface area contributed by atoms with E-state index in [4.69, 9.17) is 22.1 Å². The van der Waals surface area contributed by atoms with Crippen molar-refractivity contribution in [3.05, 3.63) is 87.8 Å². The monoisotopic (exact) mass is 747 g/mol. The number of hydrogen-bond donors (Lipinski definition) is 3. The third-order valence-electron chi connectivity index (χ3n) is 8.93. The highest BCUT2D eigenvalue weighted by atomic mass is 35.5. The molecule has 2 aromatic carbocycles. The van der Waals surface area contributed by atoms with Gasteiger partial charge in [-0.2, -0.15) is 0 Å². The number of benzene rings is 2. The molecule has 1 fully saturated rings. The lowest BCUT2D eigenvalue weighted by molar-refractivity contribution is -0.155. The van der Waals surface area contributed by atoms with Gasteiger partial charge < -0.3 is 25.8 Å². The van der Waals surface area contributed by atoms with Gasteiger partial charge in [-0.05, 0) is 49.8 Å². The molecule has 1 aliphatic rings.